The molecule has 0 saturated heterocycles. The van der Waals surface area contributed by atoms with Gasteiger partial charge in [-0.1, -0.05) is 22.9 Å². The number of halogens is 1. The van der Waals surface area contributed by atoms with Crippen molar-refractivity contribution in [3.8, 4) is 10.8 Å². The van der Waals surface area contributed by atoms with Gasteiger partial charge in [0.15, 0.2) is 0 Å². The van der Waals surface area contributed by atoms with Crippen molar-refractivity contribution in [2.24, 2.45) is 0 Å². The average molecular weight is 328 g/mol. The van der Waals surface area contributed by atoms with Crippen molar-refractivity contribution < 1.29 is 14.8 Å². The highest BCUT2D eigenvalue weighted by atomic mass is 35.5. The molecular formula is C14H14ClNO4S. The highest BCUT2D eigenvalue weighted by Gasteiger charge is 2.24. The van der Waals surface area contributed by atoms with Gasteiger partial charge in [0.05, 0.1) is 11.0 Å². The Morgan fingerprint density at radius 3 is 2.38 bits per heavy atom. The number of aliphatic hydroxyl groups is 1. The minimum Gasteiger partial charge on any atom is -0.439 e. The fourth-order valence-corrected chi connectivity index (χ4v) is 3.19. The molecule has 2 rings (SSSR count). The standard InChI is InChI=1S/C14H14ClNO4S/c1-7-4-10(15)5-8(2)13(7)20-14-11(16(18)19)6-12(21-14)9(3)17/h4-6,9,17H,1-3H3. The summed E-state index contributed by atoms with van der Waals surface area (Å²) in [6.07, 6.45) is -0.779. The first kappa shape index (κ1) is 15.8. The number of rotatable bonds is 4. The zero-order valence-corrected chi connectivity index (χ0v) is 13.3. The van der Waals surface area contributed by atoms with Gasteiger partial charge in [0.25, 0.3) is 5.06 Å². The van der Waals surface area contributed by atoms with Crippen LogP contribution in [0.25, 0.3) is 0 Å². The molecule has 21 heavy (non-hydrogen) atoms. The second-order valence-corrected chi connectivity index (χ2v) is 6.21. The van der Waals surface area contributed by atoms with E-state index in [0.717, 1.165) is 22.5 Å². The van der Waals surface area contributed by atoms with E-state index in [1.165, 1.54) is 6.07 Å². The van der Waals surface area contributed by atoms with Gasteiger partial charge in [0.2, 0.25) is 0 Å². The molecule has 0 saturated carbocycles. The average Bonchev–Trinajstić information content (AvgIpc) is 2.77. The molecule has 0 aliphatic rings. The smallest absolute Gasteiger partial charge is 0.323 e. The van der Waals surface area contributed by atoms with Crippen LogP contribution in [0.3, 0.4) is 0 Å². The zero-order chi connectivity index (χ0) is 15.7. The minimum atomic E-state index is -0.779. The van der Waals surface area contributed by atoms with Gasteiger partial charge in [-0.25, -0.2) is 0 Å². The zero-order valence-electron chi connectivity index (χ0n) is 11.7. The Bertz CT molecular complexity index is 673. The van der Waals surface area contributed by atoms with Crippen LogP contribution in [-0.2, 0) is 0 Å². The number of nitro groups is 1. The third kappa shape index (κ3) is 3.34. The van der Waals surface area contributed by atoms with Gasteiger partial charge in [0.1, 0.15) is 5.75 Å². The first-order valence-corrected chi connectivity index (χ1v) is 7.39. The lowest BCUT2D eigenvalue weighted by Gasteiger charge is -2.10. The van der Waals surface area contributed by atoms with Crippen LogP contribution in [0.2, 0.25) is 5.02 Å². The molecule has 0 amide bonds. The molecule has 0 aliphatic carbocycles. The number of aryl methyl sites for hydroxylation is 2. The number of nitrogens with zero attached hydrogens (tertiary/aromatic N) is 1. The Kier molecular flexibility index (Phi) is 4.51. The van der Waals surface area contributed by atoms with Gasteiger partial charge < -0.3 is 9.84 Å². The van der Waals surface area contributed by atoms with E-state index >= 15 is 0 Å². The molecule has 0 radical (unpaired) electrons. The van der Waals surface area contributed by atoms with E-state index < -0.39 is 11.0 Å². The SMILES string of the molecule is Cc1cc(Cl)cc(C)c1Oc1sc(C(C)O)cc1[N+](=O)[O-]. The van der Waals surface area contributed by atoms with E-state index in [9.17, 15) is 15.2 Å². The lowest BCUT2D eigenvalue weighted by Crippen LogP contribution is -1.93. The molecule has 1 N–H and O–H groups in total. The predicted octanol–water partition coefficient (Wildman–Crippen LogP) is 4.77. The molecule has 2 aromatic rings. The highest BCUT2D eigenvalue weighted by Crippen LogP contribution is 2.43. The van der Waals surface area contributed by atoms with Crippen LogP contribution in [0, 0.1) is 24.0 Å². The Hall–Kier alpha value is -1.63. The van der Waals surface area contributed by atoms with Crippen molar-refractivity contribution in [3.63, 3.8) is 0 Å². The molecule has 7 heteroatoms. The second kappa shape index (κ2) is 6.01. The first-order chi connectivity index (χ1) is 9.79. The van der Waals surface area contributed by atoms with Crippen LogP contribution in [-0.4, -0.2) is 10.0 Å². The number of ether oxygens (including phenoxy) is 1. The van der Waals surface area contributed by atoms with Gasteiger partial charge in [-0.2, -0.15) is 0 Å². The predicted molar refractivity (Wildman–Crippen MR) is 82.6 cm³/mol. The summed E-state index contributed by atoms with van der Waals surface area (Å²) in [5.41, 5.74) is 1.44. The molecule has 0 fully saturated rings. The summed E-state index contributed by atoms with van der Waals surface area (Å²) < 4.78 is 5.73. The summed E-state index contributed by atoms with van der Waals surface area (Å²) in [5, 5.41) is 21.4. The summed E-state index contributed by atoms with van der Waals surface area (Å²) >= 11 is 7.02. The Morgan fingerprint density at radius 2 is 1.90 bits per heavy atom. The van der Waals surface area contributed by atoms with Gasteiger partial charge in [-0.15, -0.1) is 0 Å². The van der Waals surface area contributed by atoms with Crippen molar-refractivity contribution >= 4 is 28.6 Å². The number of thiophene rings is 1. The number of aliphatic hydroxyl groups excluding tert-OH is 1. The normalized spacial score (nSPS) is 12.2. The quantitative estimate of drug-likeness (QED) is 0.648. The van der Waals surface area contributed by atoms with Crippen LogP contribution in [0.4, 0.5) is 5.69 Å². The number of hydrogen-bond acceptors (Lipinski definition) is 5. The molecule has 5 nitrogen and oxygen atoms in total. The molecule has 1 aromatic carbocycles. The molecule has 1 aromatic heterocycles. The molecule has 1 unspecified atom stereocenters. The molecule has 0 bridgehead atoms. The van der Waals surface area contributed by atoms with Gasteiger partial charge in [0, 0.05) is 16.0 Å². The fraction of sp³-hybridized carbons (Fsp3) is 0.286. The van der Waals surface area contributed by atoms with Crippen molar-refractivity contribution in [3.05, 3.63) is 49.3 Å². The van der Waals surface area contributed by atoms with E-state index in [0.29, 0.717) is 15.6 Å². The van der Waals surface area contributed by atoms with Crippen LogP contribution in [0.5, 0.6) is 10.8 Å². The molecule has 112 valence electrons. The lowest BCUT2D eigenvalue weighted by molar-refractivity contribution is -0.385. The summed E-state index contributed by atoms with van der Waals surface area (Å²) in [5.74, 6) is 0.543. The summed E-state index contributed by atoms with van der Waals surface area (Å²) in [6.45, 7) is 5.20. The molecule has 0 aliphatic heterocycles. The number of hydrogen-bond donors (Lipinski definition) is 1. The lowest BCUT2D eigenvalue weighted by atomic mass is 10.1. The minimum absolute atomic E-state index is 0.148. The second-order valence-electron chi connectivity index (χ2n) is 4.73. The third-order valence-corrected chi connectivity index (χ3v) is 4.32. The third-order valence-electron chi connectivity index (χ3n) is 2.93. The summed E-state index contributed by atoms with van der Waals surface area (Å²) in [4.78, 5) is 11.1. The maximum Gasteiger partial charge on any atom is 0.323 e. The van der Waals surface area contributed by atoms with Gasteiger partial charge in [-0.3, -0.25) is 10.1 Å². The van der Waals surface area contributed by atoms with Crippen LogP contribution in [0.15, 0.2) is 18.2 Å². The molecule has 1 heterocycles. The summed E-state index contributed by atoms with van der Waals surface area (Å²) in [6, 6.07) is 4.81. The van der Waals surface area contributed by atoms with Crippen LogP contribution < -0.4 is 4.74 Å². The van der Waals surface area contributed by atoms with E-state index in [1.807, 2.05) is 13.8 Å². The van der Waals surface area contributed by atoms with E-state index in [2.05, 4.69) is 0 Å². The maximum absolute atomic E-state index is 11.1. The molecule has 0 spiro atoms. The summed E-state index contributed by atoms with van der Waals surface area (Å²) in [7, 11) is 0. The van der Waals surface area contributed by atoms with Crippen LogP contribution in [0.1, 0.15) is 29.0 Å². The van der Waals surface area contributed by atoms with E-state index in [-0.39, 0.29) is 10.8 Å². The molecule has 1 atom stereocenters. The van der Waals surface area contributed by atoms with E-state index in [4.69, 9.17) is 16.3 Å². The Labute approximate surface area is 130 Å². The molecular weight excluding hydrogens is 314 g/mol. The largest absolute Gasteiger partial charge is 0.439 e. The topological polar surface area (TPSA) is 72.6 Å². The van der Waals surface area contributed by atoms with Crippen molar-refractivity contribution in [2.45, 2.75) is 26.9 Å². The number of benzene rings is 1. The van der Waals surface area contributed by atoms with Crippen molar-refractivity contribution in [2.75, 3.05) is 0 Å². The maximum atomic E-state index is 11.1. The Morgan fingerprint density at radius 1 is 1.33 bits per heavy atom. The first-order valence-electron chi connectivity index (χ1n) is 6.20. The fourth-order valence-electron chi connectivity index (χ4n) is 1.94. The van der Waals surface area contributed by atoms with E-state index in [1.54, 1.807) is 19.1 Å². The van der Waals surface area contributed by atoms with Crippen molar-refractivity contribution in [1.82, 2.24) is 0 Å². The highest BCUT2D eigenvalue weighted by molar-refractivity contribution is 7.14. The van der Waals surface area contributed by atoms with Crippen LogP contribution >= 0.6 is 22.9 Å². The van der Waals surface area contributed by atoms with Gasteiger partial charge in [-0.05, 0) is 44.0 Å². The Balaban J connectivity index is 2.46. The van der Waals surface area contributed by atoms with Gasteiger partial charge >= 0.3 is 5.69 Å². The monoisotopic (exact) mass is 327 g/mol. The van der Waals surface area contributed by atoms with Crippen molar-refractivity contribution in [1.29, 1.82) is 0 Å².